The highest BCUT2D eigenvalue weighted by molar-refractivity contribution is 6.17. The number of rotatable bonds is 2. The van der Waals surface area contributed by atoms with Gasteiger partial charge in [-0.2, -0.15) is 0 Å². The number of aromatic nitrogens is 3. The van der Waals surface area contributed by atoms with Gasteiger partial charge in [0.1, 0.15) is 6.10 Å². The van der Waals surface area contributed by atoms with Crippen molar-refractivity contribution in [2.75, 3.05) is 6.61 Å². The van der Waals surface area contributed by atoms with Crippen LogP contribution in [0.25, 0.3) is 5.65 Å². The van der Waals surface area contributed by atoms with Crippen molar-refractivity contribution in [3.8, 4) is 0 Å². The molecule has 0 unspecified atom stereocenters. The number of pyridine rings is 1. The van der Waals surface area contributed by atoms with E-state index in [9.17, 15) is 0 Å². The summed E-state index contributed by atoms with van der Waals surface area (Å²) in [5.74, 6) is 1.34. The van der Waals surface area contributed by atoms with E-state index in [0.29, 0.717) is 5.88 Å². The third kappa shape index (κ3) is 1.49. The Morgan fingerprint density at radius 2 is 2.44 bits per heavy atom. The normalized spacial score (nSPS) is 20.7. The summed E-state index contributed by atoms with van der Waals surface area (Å²) in [5, 5.41) is 8.40. The molecule has 0 spiro atoms. The van der Waals surface area contributed by atoms with Crippen molar-refractivity contribution in [3.05, 3.63) is 29.7 Å². The maximum absolute atomic E-state index is 5.86. The van der Waals surface area contributed by atoms with Crippen LogP contribution in [0.4, 0.5) is 0 Å². The van der Waals surface area contributed by atoms with Gasteiger partial charge in [-0.15, -0.1) is 21.8 Å². The zero-order valence-corrected chi connectivity index (χ0v) is 9.52. The summed E-state index contributed by atoms with van der Waals surface area (Å²) < 4.78 is 7.60. The molecule has 0 aromatic carbocycles. The van der Waals surface area contributed by atoms with Crippen molar-refractivity contribution in [3.63, 3.8) is 0 Å². The van der Waals surface area contributed by atoms with Crippen molar-refractivity contribution in [2.24, 2.45) is 0 Å². The molecule has 1 aliphatic rings. The summed E-state index contributed by atoms with van der Waals surface area (Å²) in [6, 6.07) is 3.93. The van der Waals surface area contributed by atoms with Crippen molar-refractivity contribution in [2.45, 2.75) is 24.8 Å². The Bertz CT molecular complexity index is 505. The van der Waals surface area contributed by atoms with Gasteiger partial charge >= 0.3 is 0 Å². The molecule has 16 heavy (non-hydrogen) atoms. The lowest BCUT2D eigenvalue weighted by Gasteiger charge is -2.07. The van der Waals surface area contributed by atoms with Crippen LogP contribution in [0.3, 0.4) is 0 Å². The third-order valence-corrected chi connectivity index (χ3v) is 3.19. The molecule has 0 N–H and O–H groups in total. The number of hydrogen-bond donors (Lipinski definition) is 0. The van der Waals surface area contributed by atoms with E-state index in [1.165, 1.54) is 0 Å². The highest BCUT2D eigenvalue weighted by atomic mass is 35.5. The van der Waals surface area contributed by atoms with E-state index in [0.717, 1.165) is 36.5 Å². The maximum atomic E-state index is 5.86. The molecule has 1 saturated heterocycles. The van der Waals surface area contributed by atoms with Gasteiger partial charge in [0.05, 0.1) is 5.88 Å². The van der Waals surface area contributed by atoms with E-state index in [2.05, 4.69) is 10.2 Å². The first-order valence-corrected chi connectivity index (χ1v) is 5.93. The van der Waals surface area contributed by atoms with Gasteiger partial charge in [-0.25, -0.2) is 0 Å². The Hall–Kier alpha value is -1.13. The van der Waals surface area contributed by atoms with Gasteiger partial charge < -0.3 is 4.74 Å². The molecule has 3 rings (SSSR count). The lowest BCUT2D eigenvalue weighted by molar-refractivity contribution is 0.104. The van der Waals surface area contributed by atoms with Crippen molar-refractivity contribution in [1.82, 2.24) is 14.6 Å². The van der Waals surface area contributed by atoms with Crippen molar-refractivity contribution < 1.29 is 4.74 Å². The summed E-state index contributed by atoms with van der Waals surface area (Å²) in [5.41, 5.74) is 1.84. The van der Waals surface area contributed by atoms with E-state index < -0.39 is 0 Å². The second-order valence-corrected chi connectivity index (χ2v) is 4.19. The number of alkyl halides is 1. The van der Waals surface area contributed by atoms with Gasteiger partial charge in [0.15, 0.2) is 11.5 Å². The summed E-state index contributed by atoms with van der Waals surface area (Å²) >= 11 is 5.86. The van der Waals surface area contributed by atoms with Crippen LogP contribution in [-0.4, -0.2) is 21.2 Å². The minimum atomic E-state index is 0.0839. The minimum absolute atomic E-state index is 0.0839. The molecule has 1 aliphatic heterocycles. The predicted molar refractivity (Wildman–Crippen MR) is 60.5 cm³/mol. The first kappa shape index (κ1) is 10.1. The van der Waals surface area contributed by atoms with E-state index in [1.54, 1.807) is 0 Å². The fourth-order valence-electron chi connectivity index (χ4n) is 2.09. The molecule has 5 heteroatoms. The SMILES string of the molecule is ClCc1cccn2c([C@H]3CCCO3)nnc12. The van der Waals surface area contributed by atoms with E-state index >= 15 is 0 Å². The minimum Gasteiger partial charge on any atom is -0.370 e. The van der Waals surface area contributed by atoms with E-state index in [1.807, 2.05) is 22.7 Å². The van der Waals surface area contributed by atoms with Crippen LogP contribution in [0.5, 0.6) is 0 Å². The van der Waals surface area contributed by atoms with Gasteiger partial charge in [0, 0.05) is 18.4 Å². The fourth-order valence-corrected chi connectivity index (χ4v) is 2.30. The fraction of sp³-hybridized carbons (Fsp3) is 0.455. The average molecular weight is 238 g/mol. The van der Waals surface area contributed by atoms with E-state index in [4.69, 9.17) is 16.3 Å². The van der Waals surface area contributed by atoms with Crippen LogP contribution in [0, 0.1) is 0 Å². The van der Waals surface area contributed by atoms with Gasteiger partial charge in [-0.05, 0) is 18.9 Å². The largest absolute Gasteiger partial charge is 0.370 e. The number of fused-ring (bicyclic) bond motifs is 1. The molecular formula is C11H12ClN3O. The predicted octanol–water partition coefficient (Wildman–Crippen LogP) is 2.32. The highest BCUT2D eigenvalue weighted by Crippen LogP contribution is 2.27. The Balaban J connectivity index is 2.12. The summed E-state index contributed by atoms with van der Waals surface area (Å²) in [6.07, 6.45) is 4.16. The second kappa shape index (κ2) is 4.03. The van der Waals surface area contributed by atoms with Crippen LogP contribution in [0.1, 0.15) is 30.3 Å². The molecule has 0 bridgehead atoms. The Kier molecular flexibility index (Phi) is 2.53. The molecule has 1 atom stereocenters. The van der Waals surface area contributed by atoms with Crippen LogP contribution in [-0.2, 0) is 10.6 Å². The first-order chi connectivity index (χ1) is 7.90. The topological polar surface area (TPSA) is 39.4 Å². The monoisotopic (exact) mass is 237 g/mol. The standard InChI is InChI=1S/C11H12ClN3O/c12-7-8-3-1-5-15-10(8)13-14-11(15)9-4-2-6-16-9/h1,3,5,9H,2,4,6-7H2/t9-/m1/s1. The van der Waals surface area contributed by atoms with Gasteiger partial charge in [-0.3, -0.25) is 4.40 Å². The third-order valence-electron chi connectivity index (χ3n) is 2.90. The van der Waals surface area contributed by atoms with Gasteiger partial charge in [-0.1, -0.05) is 6.07 Å². The van der Waals surface area contributed by atoms with Gasteiger partial charge in [0.2, 0.25) is 0 Å². The lowest BCUT2D eigenvalue weighted by Crippen LogP contribution is -2.02. The number of ether oxygens (including phenoxy) is 1. The quantitative estimate of drug-likeness (QED) is 0.753. The van der Waals surface area contributed by atoms with Crippen molar-refractivity contribution in [1.29, 1.82) is 0 Å². The number of halogens is 1. The summed E-state index contributed by atoms with van der Waals surface area (Å²) in [6.45, 7) is 0.814. The molecule has 0 amide bonds. The van der Waals surface area contributed by atoms with Gasteiger partial charge in [0.25, 0.3) is 0 Å². The van der Waals surface area contributed by atoms with Crippen molar-refractivity contribution >= 4 is 17.2 Å². The van der Waals surface area contributed by atoms with E-state index in [-0.39, 0.29) is 6.10 Å². The Morgan fingerprint density at radius 1 is 1.50 bits per heavy atom. The number of hydrogen-bond acceptors (Lipinski definition) is 3. The average Bonchev–Trinajstić information content (AvgIpc) is 2.96. The zero-order valence-electron chi connectivity index (χ0n) is 8.77. The molecule has 4 nitrogen and oxygen atoms in total. The maximum Gasteiger partial charge on any atom is 0.166 e. The number of nitrogens with zero attached hydrogens (tertiary/aromatic N) is 3. The zero-order chi connectivity index (χ0) is 11.0. The molecule has 84 valence electrons. The second-order valence-electron chi connectivity index (χ2n) is 3.92. The Labute approximate surface area is 98.2 Å². The molecular weight excluding hydrogens is 226 g/mol. The molecule has 0 aliphatic carbocycles. The van der Waals surface area contributed by atoms with Crippen LogP contribution >= 0.6 is 11.6 Å². The smallest absolute Gasteiger partial charge is 0.166 e. The lowest BCUT2D eigenvalue weighted by atomic mass is 10.2. The Morgan fingerprint density at radius 3 is 3.19 bits per heavy atom. The summed E-state index contributed by atoms with van der Waals surface area (Å²) in [4.78, 5) is 0. The first-order valence-electron chi connectivity index (χ1n) is 5.40. The molecule has 0 radical (unpaired) electrons. The summed E-state index contributed by atoms with van der Waals surface area (Å²) in [7, 11) is 0. The molecule has 3 heterocycles. The molecule has 0 saturated carbocycles. The molecule has 1 fully saturated rings. The van der Waals surface area contributed by atoms with Crippen LogP contribution in [0.2, 0.25) is 0 Å². The highest BCUT2D eigenvalue weighted by Gasteiger charge is 2.23. The molecule has 2 aromatic rings. The van der Waals surface area contributed by atoms with Crippen LogP contribution < -0.4 is 0 Å². The molecule has 2 aromatic heterocycles. The van der Waals surface area contributed by atoms with Crippen LogP contribution in [0.15, 0.2) is 18.3 Å².